The molecule has 0 aliphatic carbocycles. The number of benzene rings is 1. The number of halogens is 1. The molecule has 2 rings (SSSR count). The lowest BCUT2D eigenvalue weighted by molar-refractivity contribution is 0.0954. The lowest BCUT2D eigenvalue weighted by Gasteiger charge is -2.17. The van der Waals surface area contributed by atoms with Crippen molar-refractivity contribution in [1.82, 2.24) is 10.2 Å². The van der Waals surface area contributed by atoms with Crippen LogP contribution in [0.5, 0.6) is 0 Å². The van der Waals surface area contributed by atoms with Gasteiger partial charge in [0.15, 0.2) is 0 Å². The maximum absolute atomic E-state index is 13.2. The Bertz CT molecular complexity index is 637. The number of rotatable bonds is 6. The molecule has 1 heterocycles. The van der Waals surface area contributed by atoms with Gasteiger partial charge in [-0.05, 0) is 31.3 Å². The van der Waals surface area contributed by atoms with E-state index in [4.69, 9.17) is 5.73 Å². The third-order valence-corrected chi connectivity index (χ3v) is 4.69. The van der Waals surface area contributed by atoms with E-state index in [1.807, 2.05) is 0 Å². The average molecular weight is 309 g/mol. The van der Waals surface area contributed by atoms with Crippen LogP contribution >= 0.6 is 11.3 Å². The van der Waals surface area contributed by atoms with Crippen molar-refractivity contribution < 1.29 is 9.18 Å². The van der Waals surface area contributed by atoms with E-state index in [2.05, 4.69) is 24.1 Å². The molecular weight excluding hydrogens is 289 g/mol. The fraction of sp³-hybridized carbons (Fsp3) is 0.400. The minimum atomic E-state index is -0.347. The van der Waals surface area contributed by atoms with Crippen LogP contribution in [0.4, 0.5) is 10.1 Å². The van der Waals surface area contributed by atoms with Gasteiger partial charge < -0.3 is 16.0 Å². The highest BCUT2D eigenvalue weighted by Crippen LogP contribution is 2.33. The number of hydrogen-bond donors (Lipinski definition) is 2. The van der Waals surface area contributed by atoms with Crippen LogP contribution in [0.15, 0.2) is 18.2 Å². The molecule has 0 saturated carbocycles. The van der Waals surface area contributed by atoms with E-state index in [1.165, 1.54) is 23.5 Å². The molecule has 4 nitrogen and oxygen atoms in total. The average Bonchev–Trinajstić information content (AvgIpc) is 2.80. The van der Waals surface area contributed by atoms with Gasteiger partial charge in [0.05, 0.1) is 5.69 Å². The van der Waals surface area contributed by atoms with Gasteiger partial charge in [-0.3, -0.25) is 4.79 Å². The monoisotopic (exact) mass is 309 g/mol. The number of hydrogen-bond acceptors (Lipinski definition) is 4. The van der Waals surface area contributed by atoms with Gasteiger partial charge in [0.25, 0.3) is 5.91 Å². The number of nitrogens with two attached hydrogens (primary N) is 1. The molecule has 1 amide bonds. The molecule has 0 fully saturated rings. The predicted molar refractivity (Wildman–Crippen MR) is 86.3 cm³/mol. The van der Waals surface area contributed by atoms with Crippen LogP contribution in [0.3, 0.4) is 0 Å². The highest BCUT2D eigenvalue weighted by atomic mass is 32.1. The van der Waals surface area contributed by atoms with Gasteiger partial charge in [-0.2, -0.15) is 0 Å². The van der Waals surface area contributed by atoms with Crippen LogP contribution in [0.25, 0.3) is 10.1 Å². The van der Waals surface area contributed by atoms with E-state index in [1.54, 1.807) is 6.07 Å². The van der Waals surface area contributed by atoms with Gasteiger partial charge >= 0.3 is 0 Å². The fourth-order valence-corrected chi connectivity index (χ4v) is 3.22. The van der Waals surface area contributed by atoms with Crippen LogP contribution in [0.1, 0.15) is 23.5 Å². The second-order valence-corrected chi connectivity index (χ2v) is 5.82. The van der Waals surface area contributed by atoms with Gasteiger partial charge in [-0.25, -0.2) is 4.39 Å². The van der Waals surface area contributed by atoms with Crippen LogP contribution in [0, 0.1) is 5.82 Å². The van der Waals surface area contributed by atoms with E-state index in [-0.39, 0.29) is 11.7 Å². The Kier molecular flexibility index (Phi) is 5.14. The van der Waals surface area contributed by atoms with Crippen LogP contribution in [-0.4, -0.2) is 37.0 Å². The first kappa shape index (κ1) is 15.7. The van der Waals surface area contributed by atoms with Gasteiger partial charge in [0, 0.05) is 23.2 Å². The highest BCUT2D eigenvalue weighted by Gasteiger charge is 2.16. The molecule has 1 aromatic heterocycles. The fourth-order valence-electron chi connectivity index (χ4n) is 2.21. The molecule has 0 unspecified atom stereocenters. The summed E-state index contributed by atoms with van der Waals surface area (Å²) >= 11 is 1.29. The quantitative estimate of drug-likeness (QED) is 0.862. The lowest BCUT2D eigenvalue weighted by atomic mass is 10.2. The molecule has 0 bridgehead atoms. The number of thiophene rings is 1. The maximum atomic E-state index is 13.2. The van der Waals surface area contributed by atoms with Crippen molar-refractivity contribution in [3.8, 4) is 0 Å². The molecule has 0 aliphatic heterocycles. The summed E-state index contributed by atoms with van der Waals surface area (Å²) in [6, 6.07) is 4.40. The lowest BCUT2D eigenvalue weighted by Crippen LogP contribution is -2.34. The van der Waals surface area contributed by atoms with Crippen LogP contribution in [0.2, 0.25) is 0 Å². The number of likely N-dealkylation sites (N-methyl/N-ethyl adjacent to an activating group) is 1. The van der Waals surface area contributed by atoms with Crippen molar-refractivity contribution in [2.75, 3.05) is 31.9 Å². The minimum Gasteiger partial charge on any atom is -0.397 e. The van der Waals surface area contributed by atoms with E-state index in [0.29, 0.717) is 22.5 Å². The first-order valence-corrected chi connectivity index (χ1v) is 7.86. The first-order chi connectivity index (χ1) is 10.1. The molecule has 114 valence electrons. The largest absolute Gasteiger partial charge is 0.397 e. The minimum absolute atomic E-state index is 0.193. The number of nitrogen functional groups attached to an aromatic ring is 1. The smallest absolute Gasteiger partial charge is 0.263 e. The van der Waals surface area contributed by atoms with E-state index in [9.17, 15) is 9.18 Å². The van der Waals surface area contributed by atoms with Gasteiger partial charge in [0.1, 0.15) is 10.7 Å². The zero-order chi connectivity index (χ0) is 15.4. The standard InChI is InChI=1S/C15H20FN3OS/c1-3-19(4-2)8-7-18-15(20)14-13(17)11-9-10(16)5-6-12(11)21-14/h5-6,9H,3-4,7-8,17H2,1-2H3,(H,18,20). The highest BCUT2D eigenvalue weighted by molar-refractivity contribution is 7.21. The van der Waals surface area contributed by atoms with Crippen molar-refractivity contribution in [2.45, 2.75) is 13.8 Å². The molecule has 21 heavy (non-hydrogen) atoms. The topological polar surface area (TPSA) is 58.4 Å². The molecule has 0 aliphatic rings. The third kappa shape index (κ3) is 3.51. The van der Waals surface area contributed by atoms with Crippen molar-refractivity contribution in [2.24, 2.45) is 0 Å². The van der Waals surface area contributed by atoms with Crippen LogP contribution < -0.4 is 11.1 Å². The molecule has 6 heteroatoms. The zero-order valence-electron chi connectivity index (χ0n) is 12.3. The molecule has 0 atom stereocenters. The number of anilines is 1. The molecule has 3 N–H and O–H groups in total. The molecule has 1 aromatic carbocycles. The van der Waals surface area contributed by atoms with Crippen molar-refractivity contribution >= 4 is 33.0 Å². The van der Waals surface area contributed by atoms with Gasteiger partial charge in [0.2, 0.25) is 0 Å². The summed E-state index contributed by atoms with van der Waals surface area (Å²) in [6.07, 6.45) is 0. The summed E-state index contributed by atoms with van der Waals surface area (Å²) < 4.78 is 14.1. The number of nitrogens with one attached hydrogen (secondary N) is 1. The summed E-state index contributed by atoms with van der Waals surface area (Å²) in [5.41, 5.74) is 6.32. The summed E-state index contributed by atoms with van der Waals surface area (Å²) in [5.74, 6) is -0.540. The Morgan fingerprint density at radius 1 is 1.38 bits per heavy atom. The summed E-state index contributed by atoms with van der Waals surface area (Å²) in [4.78, 5) is 14.9. The van der Waals surface area contributed by atoms with Gasteiger partial charge in [-0.15, -0.1) is 11.3 Å². The number of carbonyl (C=O) groups is 1. The second-order valence-electron chi connectivity index (χ2n) is 4.77. The summed E-state index contributed by atoms with van der Waals surface area (Å²) in [7, 11) is 0. The molecular formula is C15H20FN3OS. The SMILES string of the molecule is CCN(CC)CCNC(=O)c1sc2ccc(F)cc2c1N. The Balaban J connectivity index is 2.07. The van der Waals surface area contributed by atoms with Crippen molar-refractivity contribution in [3.05, 3.63) is 28.9 Å². The number of carbonyl (C=O) groups excluding carboxylic acids is 1. The number of fused-ring (bicyclic) bond motifs is 1. The summed E-state index contributed by atoms with van der Waals surface area (Å²) in [6.45, 7) is 7.46. The third-order valence-electron chi connectivity index (χ3n) is 3.50. The molecule has 0 spiro atoms. The Morgan fingerprint density at radius 2 is 2.10 bits per heavy atom. The van der Waals surface area contributed by atoms with E-state index < -0.39 is 0 Å². The normalized spacial score (nSPS) is 11.2. The first-order valence-electron chi connectivity index (χ1n) is 7.04. The Hall–Kier alpha value is -1.66. The zero-order valence-corrected chi connectivity index (χ0v) is 13.1. The van der Waals surface area contributed by atoms with E-state index >= 15 is 0 Å². The molecule has 0 saturated heterocycles. The molecule has 0 radical (unpaired) electrons. The Morgan fingerprint density at radius 3 is 2.76 bits per heavy atom. The second kappa shape index (κ2) is 6.87. The summed E-state index contributed by atoms with van der Waals surface area (Å²) in [5, 5.41) is 3.48. The van der Waals surface area contributed by atoms with Crippen molar-refractivity contribution in [3.63, 3.8) is 0 Å². The van der Waals surface area contributed by atoms with Crippen molar-refractivity contribution in [1.29, 1.82) is 0 Å². The predicted octanol–water partition coefficient (Wildman–Crippen LogP) is 2.69. The number of amides is 1. The maximum Gasteiger partial charge on any atom is 0.263 e. The van der Waals surface area contributed by atoms with Crippen LogP contribution in [-0.2, 0) is 0 Å². The number of nitrogens with zero attached hydrogens (tertiary/aromatic N) is 1. The molecule has 2 aromatic rings. The Labute approximate surface area is 127 Å². The van der Waals surface area contributed by atoms with E-state index in [0.717, 1.165) is 24.3 Å². The van der Waals surface area contributed by atoms with Gasteiger partial charge in [-0.1, -0.05) is 13.8 Å².